The highest BCUT2D eigenvalue weighted by Gasteiger charge is 2.42. The van der Waals surface area contributed by atoms with E-state index in [0.29, 0.717) is 34.7 Å². The SMILES string of the molecule is CCCCCCCCCCCCCCCCCCOC[C@H](COP(=O)(O)OC[C@@](C#N)(OC)[C@@H](O)Cc1ccc2c(N)ncnn12)OCc1ccc(C#N)c(OC(C)C)c1. The zero-order chi connectivity index (χ0) is 43.6. The van der Waals surface area contributed by atoms with Crippen LogP contribution >= 0.6 is 7.82 Å². The Labute approximate surface area is 357 Å². The Hall–Kier alpha value is -3.63. The molecule has 3 aromatic rings. The molecule has 334 valence electrons. The highest BCUT2D eigenvalue weighted by atomic mass is 31.2. The predicted molar refractivity (Wildman–Crippen MR) is 230 cm³/mol. The van der Waals surface area contributed by atoms with Crippen molar-refractivity contribution in [3.63, 3.8) is 0 Å². The van der Waals surface area contributed by atoms with Crippen molar-refractivity contribution in [1.29, 1.82) is 10.5 Å². The summed E-state index contributed by atoms with van der Waals surface area (Å²) in [6.07, 6.45) is 19.1. The summed E-state index contributed by atoms with van der Waals surface area (Å²) in [5.41, 5.74) is 6.00. The molecule has 0 saturated carbocycles. The summed E-state index contributed by atoms with van der Waals surface area (Å²) in [7, 11) is -3.62. The van der Waals surface area contributed by atoms with Crippen LogP contribution in [0.5, 0.6) is 5.75 Å². The third kappa shape index (κ3) is 18.2. The lowest BCUT2D eigenvalue weighted by molar-refractivity contribution is -0.0928. The Morgan fingerprint density at radius 2 is 1.53 bits per heavy atom. The molecule has 3 rings (SSSR count). The number of nitrogens with zero attached hydrogens (tertiary/aromatic N) is 5. The van der Waals surface area contributed by atoms with E-state index in [1.54, 1.807) is 30.3 Å². The van der Waals surface area contributed by atoms with E-state index in [0.717, 1.165) is 19.3 Å². The topological polar surface area (TPSA) is 217 Å². The van der Waals surface area contributed by atoms with Crippen LogP contribution in [-0.4, -0.2) is 82.0 Å². The highest BCUT2D eigenvalue weighted by Crippen LogP contribution is 2.45. The van der Waals surface area contributed by atoms with Crippen molar-refractivity contribution >= 4 is 19.2 Å². The fourth-order valence-corrected chi connectivity index (χ4v) is 7.57. The van der Waals surface area contributed by atoms with Crippen molar-refractivity contribution in [3.8, 4) is 17.9 Å². The summed E-state index contributed by atoms with van der Waals surface area (Å²) in [4.78, 5) is 14.7. The lowest BCUT2D eigenvalue weighted by atomic mass is 9.95. The van der Waals surface area contributed by atoms with E-state index in [-0.39, 0.29) is 38.2 Å². The molecule has 15 nitrogen and oxygen atoms in total. The first-order valence-electron chi connectivity index (χ1n) is 21.7. The number of hydrogen-bond acceptors (Lipinski definition) is 13. The minimum atomic E-state index is -4.81. The molecule has 0 fully saturated rings. The van der Waals surface area contributed by atoms with E-state index in [9.17, 15) is 25.1 Å². The van der Waals surface area contributed by atoms with Crippen molar-refractivity contribution < 1.29 is 42.6 Å². The number of anilines is 1. The highest BCUT2D eigenvalue weighted by molar-refractivity contribution is 7.47. The minimum Gasteiger partial charge on any atom is -0.490 e. The second-order valence-electron chi connectivity index (χ2n) is 15.7. The van der Waals surface area contributed by atoms with Gasteiger partial charge in [0.2, 0.25) is 5.60 Å². The van der Waals surface area contributed by atoms with Crippen LogP contribution < -0.4 is 10.5 Å². The molecule has 0 spiro atoms. The number of methoxy groups -OCH3 is 1. The van der Waals surface area contributed by atoms with Gasteiger partial charge in [-0.05, 0) is 50.1 Å². The smallest absolute Gasteiger partial charge is 0.472 e. The molecule has 0 aliphatic carbocycles. The van der Waals surface area contributed by atoms with E-state index in [1.807, 2.05) is 19.9 Å². The van der Waals surface area contributed by atoms with Gasteiger partial charge in [-0.15, -0.1) is 0 Å². The number of aromatic nitrogens is 3. The second-order valence-corrected chi connectivity index (χ2v) is 17.1. The molecular formula is C44H69N6O9P. The molecule has 0 saturated heterocycles. The lowest BCUT2D eigenvalue weighted by Crippen LogP contribution is -2.48. The van der Waals surface area contributed by atoms with Crippen molar-refractivity contribution in [2.45, 2.75) is 160 Å². The van der Waals surface area contributed by atoms with Crippen LogP contribution in [0.2, 0.25) is 0 Å². The summed E-state index contributed by atoms with van der Waals surface area (Å²) in [5.74, 6) is 0.665. The van der Waals surface area contributed by atoms with Crippen LogP contribution in [0, 0.1) is 22.7 Å². The Kier molecular flexibility index (Phi) is 23.7. The third-order valence-corrected chi connectivity index (χ3v) is 11.3. The number of fused-ring (bicyclic) bond motifs is 1. The Bertz CT molecular complexity index is 1800. The third-order valence-electron chi connectivity index (χ3n) is 10.4. The number of nitrogens with two attached hydrogens (primary N) is 1. The molecule has 0 radical (unpaired) electrons. The summed E-state index contributed by atoms with van der Waals surface area (Å²) < 4.78 is 48.5. The number of hydrogen-bond donors (Lipinski definition) is 3. The molecule has 16 heteroatoms. The molecule has 60 heavy (non-hydrogen) atoms. The van der Waals surface area contributed by atoms with Gasteiger partial charge in [-0.3, -0.25) is 9.05 Å². The molecule has 0 aliphatic rings. The van der Waals surface area contributed by atoms with Crippen molar-refractivity contribution in [1.82, 2.24) is 14.6 Å². The number of unbranched alkanes of at least 4 members (excludes halogenated alkanes) is 15. The molecule has 0 amide bonds. The standard InChI is InChI=1S/C44H69N6O9P/c1-5-6-7-8-9-10-11-12-13-14-15-16-17-18-19-20-25-55-30-39(56-29-36-21-22-37(28-45)41(26-36)59-35(2)3)31-57-60(52,53)58-33-44(32-46,54-4)42(51)27-38-23-24-40-43(47)48-34-49-50(38)40/h21-24,26,34-35,39,42,51H,5-20,25,27,29-31,33H2,1-4H3,(H,52,53)(H2,47,48,49)/t39-,42+,44-/m1/s1. The molecular weight excluding hydrogens is 787 g/mol. The average molecular weight is 857 g/mol. The van der Waals surface area contributed by atoms with Crippen molar-refractivity contribution in [2.75, 3.05) is 39.3 Å². The number of nitrogen functional groups attached to an aromatic ring is 1. The number of phosphoric acid groups is 1. The van der Waals surface area contributed by atoms with E-state index in [2.05, 4.69) is 23.1 Å². The van der Waals surface area contributed by atoms with Gasteiger partial charge in [0.25, 0.3) is 0 Å². The van der Waals surface area contributed by atoms with Gasteiger partial charge in [-0.2, -0.15) is 15.6 Å². The maximum atomic E-state index is 13.2. The summed E-state index contributed by atoms with van der Waals surface area (Å²) in [6.45, 7) is 5.46. The first-order chi connectivity index (χ1) is 29.0. The van der Waals surface area contributed by atoms with Gasteiger partial charge in [0, 0.05) is 25.8 Å². The molecule has 1 aromatic carbocycles. The first-order valence-corrected chi connectivity index (χ1v) is 23.2. The van der Waals surface area contributed by atoms with Crippen LogP contribution in [-0.2, 0) is 40.9 Å². The maximum absolute atomic E-state index is 13.2. The van der Waals surface area contributed by atoms with E-state index in [4.69, 9.17) is 33.7 Å². The Morgan fingerprint density at radius 3 is 2.12 bits per heavy atom. The number of ether oxygens (including phenoxy) is 4. The fraction of sp³-hybridized carbons (Fsp3) is 0.682. The quantitative estimate of drug-likeness (QED) is 0.0378. The van der Waals surface area contributed by atoms with Gasteiger partial charge in [0.1, 0.15) is 48.5 Å². The summed E-state index contributed by atoms with van der Waals surface area (Å²) in [5, 5.41) is 34.9. The van der Waals surface area contributed by atoms with E-state index in [1.165, 1.54) is 101 Å². The van der Waals surface area contributed by atoms with Crippen LogP contribution in [0.3, 0.4) is 0 Å². The number of aliphatic hydroxyl groups is 1. The number of rotatable bonds is 34. The number of phosphoric ester groups is 1. The lowest BCUT2D eigenvalue weighted by Gasteiger charge is -2.30. The van der Waals surface area contributed by atoms with Crippen LogP contribution in [0.25, 0.3) is 5.52 Å². The molecule has 0 bridgehead atoms. The normalized spacial score (nSPS) is 14.7. The molecule has 2 heterocycles. The maximum Gasteiger partial charge on any atom is 0.472 e. The van der Waals surface area contributed by atoms with Crippen LogP contribution in [0.15, 0.2) is 36.7 Å². The van der Waals surface area contributed by atoms with Gasteiger partial charge in [-0.25, -0.2) is 14.1 Å². The van der Waals surface area contributed by atoms with Gasteiger partial charge >= 0.3 is 7.82 Å². The molecule has 1 unspecified atom stereocenters. The van der Waals surface area contributed by atoms with E-state index < -0.39 is 32.2 Å². The molecule has 4 N–H and O–H groups in total. The van der Waals surface area contributed by atoms with Crippen LogP contribution in [0.1, 0.15) is 140 Å². The zero-order valence-corrected chi connectivity index (χ0v) is 37.2. The van der Waals surface area contributed by atoms with E-state index >= 15 is 0 Å². The monoisotopic (exact) mass is 856 g/mol. The predicted octanol–water partition coefficient (Wildman–Crippen LogP) is 8.78. The number of aliphatic hydroxyl groups excluding tert-OH is 1. The first kappa shape index (κ1) is 50.7. The Morgan fingerprint density at radius 1 is 0.900 bits per heavy atom. The number of nitriles is 2. The second kappa shape index (κ2) is 28.1. The van der Waals surface area contributed by atoms with Crippen LogP contribution in [0.4, 0.5) is 5.82 Å². The minimum absolute atomic E-state index is 0.0721. The summed E-state index contributed by atoms with van der Waals surface area (Å²) in [6, 6.07) is 12.5. The van der Waals surface area contributed by atoms with Gasteiger partial charge < -0.3 is 34.7 Å². The molecule has 4 atom stereocenters. The summed E-state index contributed by atoms with van der Waals surface area (Å²) >= 11 is 0. The van der Waals surface area contributed by atoms with Crippen molar-refractivity contribution in [3.05, 3.63) is 53.5 Å². The van der Waals surface area contributed by atoms with Gasteiger partial charge in [0.15, 0.2) is 5.82 Å². The zero-order valence-electron chi connectivity index (χ0n) is 36.3. The van der Waals surface area contributed by atoms with Crippen molar-refractivity contribution in [2.24, 2.45) is 0 Å². The Balaban J connectivity index is 1.48. The van der Waals surface area contributed by atoms with Gasteiger partial charge in [0.05, 0.1) is 31.5 Å². The average Bonchev–Trinajstić information content (AvgIpc) is 3.65. The van der Waals surface area contributed by atoms with Gasteiger partial charge in [-0.1, -0.05) is 109 Å². The number of benzene rings is 1. The molecule has 0 aliphatic heterocycles. The fourth-order valence-electron chi connectivity index (χ4n) is 6.79. The largest absolute Gasteiger partial charge is 0.490 e. The molecule has 2 aromatic heterocycles.